The molecule has 1 unspecified atom stereocenters. The largest absolute Gasteiger partial charge is 0.586 e. The molecule has 0 aliphatic carbocycles. The normalized spacial score (nSPS) is 23.4. The van der Waals surface area contributed by atoms with E-state index in [0.29, 0.717) is 18.8 Å². The van der Waals surface area contributed by atoms with E-state index in [4.69, 9.17) is 4.74 Å². The second-order valence-corrected chi connectivity index (χ2v) is 4.40. The molecule has 2 aliphatic rings. The Hall–Kier alpha value is -1.93. The van der Waals surface area contributed by atoms with Gasteiger partial charge in [0.15, 0.2) is 11.5 Å². The maximum atomic E-state index is 12.9. The minimum atomic E-state index is -3.66. The highest BCUT2D eigenvalue weighted by molar-refractivity contribution is 5.95. The van der Waals surface area contributed by atoms with Crippen LogP contribution in [0, 0.1) is 0 Å². The molecular weight excluding hydrogens is 274 g/mol. The first kappa shape index (κ1) is 13.1. The van der Waals surface area contributed by atoms with Crippen LogP contribution in [0.25, 0.3) is 0 Å². The summed E-state index contributed by atoms with van der Waals surface area (Å²) in [6.07, 6.45) is -3.66. The van der Waals surface area contributed by atoms with Gasteiger partial charge in [-0.25, -0.2) is 0 Å². The minimum absolute atomic E-state index is 0.0628. The van der Waals surface area contributed by atoms with E-state index in [1.165, 1.54) is 18.2 Å². The third-order valence-electron chi connectivity index (χ3n) is 2.91. The summed E-state index contributed by atoms with van der Waals surface area (Å²) in [7, 11) is 0. The van der Waals surface area contributed by atoms with E-state index >= 15 is 0 Å². The Morgan fingerprint density at radius 1 is 1.35 bits per heavy atom. The van der Waals surface area contributed by atoms with Gasteiger partial charge in [-0.05, 0) is 12.1 Å². The topological polar surface area (TPSA) is 68.8 Å². The molecule has 3 rings (SSSR count). The molecule has 0 saturated carbocycles. The van der Waals surface area contributed by atoms with Crippen LogP contribution < -0.4 is 20.1 Å². The van der Waals surface area contributed by atoms with E-state index in [1.807, 2.05) is 0 Å². The summed E-state index contributed by atoms with van der Waals surface area (Å²) >= 11 is 0. The molecule has 6 nitrogen and oxygen atoms in total. The zero-order valence-electron chi connectivity index (χ0n) is 10.3. The van der Waals surface area contributed by atoms with Crippen molar-refractivity contribution >= 4 is 11.6 Å². The lowest BCUT2D eigenvalue weighted by Gasteiger charge is -2.22. The van der Waals surface area contributed by atoms with E-state index < -0.39 is 12.3 Å². The van der Waals surface area contributed by atoms with Gasteiger partial charge in [0.1, 0.15) is 6.04 Å². The molecule has 0 radical (unpaired) electrons. The molecule has 1 fully saturated rings. The molecule has 8 heteroatoms. The molecular formula is C12H12F2N2O4. The molecule has 1 aromatic rings. The fourth-order valence-corrected chi connectivity index (χ4v) is 1.99. The number of ether oxygens (including phenoxy) is 3. The molecule has 0 spiro atoms. The monoisotopic (exact) mass is 286 g/mol. The summed E-state index contributed by atoms with van der Waals surface area (Å²) in [6.45, 7) is 1.42. The van der Waals surface area contributed by atoms with Gasteiger partial charge >= 0.3 is 6.29 Å². The highest BCUT2D eigenvalue weighted by atomic mass is 19.3. The quantitative estimate of drug-likeness (QED) is 0.846. The number of fused-ring (bicyclic) bond motifs is 1. The number of amides is 1. The number of carbonyl (C=O) groups excluding carboxylic acids is 1. The summed E-state index contributed by atoms with van der Waals surface area (Å²) in [5, 5.41) is 5.60. The molecule has 20 heavy (non-hydrogen) atoms. The van der Waals surface area contributed by atoms with Crippen molar-refractivity contribution in [3.8, 4) is 11.5 Å². The lowest BCUT2D eigenvalue weighted by Crippen LogP contribution is -2.48. The van der Waals surface area contributed by atoms with Crippen molar-refractivity contribution in [1.29, 1.82) is 0 Å². The van der Waals surface area contributed by atoms with Crippen LogP contribution in [0.2, 0.25) is 0 Å². The average Bonchev–Trinajstić information content (AvgIpc) is 2.73. The molecule has 2 aliphatic heterocycles. The third kappa shape index (κ3) is 2.66. The number of morpholine rings is 1. The Morgan fingerprint density at radius 3 is 2.90 bits per heavy atom. The number of hydrogen-bond acceptors (Lipinski definition) is 5. The second-order valence-electron chi connectivity index (χ2n) is 4.40. The third-order valence-corrected chi connectivity index (χ3v) is 2.91. The summed E-state index contributed by atoms with van der Waals surface area (Å²) in [6, 6.07) is 3.61. The fourth-order valence-electron chi connectivity index (χ4n) is 1.99. The Bertz CT molecular complexity index is 532. The number of halogens is 2. The Balaban J connectivity index is 1.68. The van der Waals surface area contributed by atoms with E-state index in [9.17, 15) is 13.6 Å². The molecule has 1 atom stereocenters. The zero-order chi connectivity index (χ0) is 14.2. The fraction of sp³-hybridized carbons (Fsp3) is 0.417. The molecule has 1 amide bonds. The van der Waals surface area contributed by atoms with Crippen LogP contribution in [0.3, 0.4) is 0 Å². The molecule has 1 saturated heterocycles. The smallest absolute Gasteiger partial charge is 0.395 e. The molecule has 0 bridgehead atoms. The van der Waals surface area contributed by atoms with Crippen LogP contribution in [0.1, 0.15) is 0 Å². The van der Waals surface area contributed by atoms with Gasteiger partial charge in [0, 0.05) is 18.3 Å². The molecule has 2 heterocycles. The van der Waals surface area contributed by atoms with Crippen LogP contribution in [0.15, 0.2) is 18.2 Å². The first-order valence-electron chi connectivity index (χ1n) is 6.05. The number of anilines is 1. The first-order valence-corrected chi connectivity index (χ1v) is 6.05. The standard InChI is InChI=1S/C12H12F2N2O4/c13-12(14)19-9-2-1-7(5-10(9)20-12)16-11(17)8-6-18-4-3-15-8/h1-2,5,8,15H,3-4,6H2,(H,16,17). The highest BCUT2D eigenvalue weighted by Crippen LogP contribution is 2.42. The Labute approximate surface area is 113 Å². The molecule has 1 aromatic carbocycles. The van der Waals surface area contributed by atoms with Crippen molar-refractivity contribution in [3.05, 3.63) is 18.2 Å². The van der Waals surface area contributed by atoms with Crippen LogP contribution in [-0.2, 0) is 9.53 Å². The van der Waals surface area contributed by atoms with Crippen LogP contribution in [0.5, 0.6) is 11.5 Å². The van der Waals surface area contributed by atoms with Gasteiger partial charge in [-0.15, -0.1) is 8.78 Å². The van der Waals surface area contributed by atoms with E-state index in [1.54, 1.807) is 0 Å². The summed E-state index contributed by atoms with van der Waals surface area (Å²) in [5.41, 5.74) is 0.349. The van der Waals surface area contributed by atoms with Crippen LogP contribution in [-0.4, -0.2) is 38.0 Å². The number of benzene rings is 1. The summed E-state index contributed by atoms with van der Waals surface area (Å²) in [5.74, 6) is -0.469. The van der Waals surface area contributed by atoms with Gasteiger partial charge in [0.2, 0.25) is 5.91 Å². The van der Waals surface area contributed by atoms with Crippen molar-refractivity contribution in [1.82, 2.24) is 5.32 Å². The summed E-state index contributed by atoms with van der Waals surface area (Å²) < 4.78 is 39.5. The Kier molecular flexibility index (Phi) is 3.19. The predicted molar refractivity (Wildman–Crippen MR) is 63.9 cm³/mol. The van der Waals surface area contributed by atoms with Crippen LogP contribution in [0.4, 0.5) is 14.5 Å². The SMILES string of the molecule is O=C(Nc1ccc2c(c1)OC(F)(F)O2)C1COCCN1. The lowest BCUT2D eigenvalue weighted by atomic mass is 10.2. The molecule has 0 aromatic heterocycles. The molecule has 2 N–H and O–H groups in total. The zero-order valence-corrected chi connectivity index (χ0v) is 10.3. The number of hydrogen-bond donors (Lipinski definition) is 2. The van der Waals surface area contributed by atoms with Gasteiger partial charge in [0.05, 0.1) is 13.2 Å². The maximum absolute atomic E-state index is 12.9. The lowest BCUT2D eigenvalue weighted by molar-refractivity contribution is -0.286. The average molecular weight is 286 g/mol. The highest BCUT2D eigenvalue weighted by Gasteiger charge is 2.43. The Morgan fingerprint density at radius 2 is 2.15 bits per heavy atom. The predicted octanol–water partition coefficient (Wildman–Crippen LogP) is 0.935. The first-order chi connectivity index (χ1) is 9.53. The van der Waals surface area contributed by atoms with Gasteiger partial charge in [-0.3, -0.25) is 4.79 Å². The van der Waals surface area contributed by atoms with Crippen molar-refractivity contribution in [2.24, 2.45) is 0 Å². The van der Waals surface area contributed by atoms with Crippen molar-refractivity contribution in [3.63, 3.8) is 0 Å². The number of nitrogens with one attached hydrogen (secondary N) is 2. The summed E-state index contributed by atoms with van der Waals surface area (Å²) in [4.78, 5) is 11.9. The van der Waals surface area contributed by atoms with Crippen molar-refractivity contribution in [2.45, 2.75) is 12.3 Å². The maximum Gasteiger partial charge on any atom is 0.586 e. The number of alkyl halides is 2. The van der Waals surface area contributed by atoms with Gasteiger partial charge in [-0.2, -0.15) is 0 Å². The van der Waals surface area contributed by atoms with Gasteiger partial charge < -0.3 is 24.8 Å². The van der Waals surface area contributed by atoms with E-state index in [2.05, 4.69) is 20.1 Å². The molecule has 108 valence electrons. The van der Waals surface area contributed by atoms with Gasteiger partial charge in [-0.1, -0.05) is 0 Å². The van der Waals surface area contributed by atoms with E-state index in [0.717, 1.165) is 0 Å². The number of carbonyl (C=O) groups is 1. The second kappa shape index (κ2) is 4.88. The number of rotatable bonds is 2. The van der Waals surface area contributed by atoms with E-state index in [-0.39, 0.29) is 24.0 Å². The van der Waals surface area contributed by atoms with Crippen LogP contribution >= 0.6 is 0 Å². The minimum Gasteiger partial charge on any atom is -0.395 e. The van der Waals surface area contributed by atoms with Crippen molar-refractivity contribution < 1.29 is 27.8 Å². The van der Waals surface area contributed by atoms with Gasteiger partial charge in [0.25, 0.3) is 0 Å². The van der Waals surface area contributed by atoms with Crippen molar-refractivity contribution in [2.75, 3.05) is 25.1 Å².